The van der Waals surface area contributed by atoms with Crippen molar-refractivity contribution in [1.82, 2.24) is 9.80 Å². The predicted molar refractivity (Wildman–Crippen MR) is 102 cm³/mol. The number of likely N-dealkylation sites (tertiary alicyclic amines) is 1. The Balaban J connectivity index is 1.64. The summed E-state index contributed by atoms with van der Waals surface area (Å²) in [5.74, 6) is -0.788. The zero-order chi connectivity index (χ0) is 19.6. The van der Waals surface area contributed by atoms with Crippen molar-refractivity contribution in [2.24, 2.45) is 5.92 Å². The molecule has 7 heteroatoms. The Kier molecular flexibility index (Phi) is 5.79. The summed E-state index contributed by atoms with van der Waals surface area (Å²) < 4.78 is 0. The van der Waals surface area contributed by atoms with Crippen LogP contribution in [-0.4, -0.2) is 65.4 Å². The van der Waals surface area contributed by atoms with E-state index in [1.807, 2.05) is 4.90 Å². The number of nitrogens with one attached hydrogen (secondary N) is 1. The van der Waals surface area contributed by atoms with Crippen molar-refractivity contribution in [3.8, 4) is 0 Å². The number of carboxylic acids is 1. The van der Waals surface area contributed by atoms with Crippen molar-refractivity contribution < 1.29 is 19.5 Å². The predicted octanol–water partition coefficient (Wildman–Crippen LogP) is 2.04. The Morgan fingerprint density at radius 2 is 1.81 bits per heavy atom. The molecule has 2 amide bonds. The summed E-state index contributed by atoms with van der Waals surface area (Å²) in [4.78, 5) is 39.4. The molecule has 1 saturated carbocycles. The molecule has 27 heavy (non-hydrogen) atoms. The van der Waals surface area contributed by atoms with Crippen LogP contribution in [0.1, 0.15) is 42.5 Å². The number of carboxylic acid groups (broad SMARTS) is 1. The van der Waals surface area contributed by atoms with Crippen LogP contribution in [0.3, 0.4) is 0 Å². The molecule has 1 aromatic rings. The lowest BCUT2D eigenvalue weighted by atomic mass is 9.85. The number of anilines is 1. The van der Waals surface area contributed by atoms with Crippen molar-refractivity contribution in [2.75, 3.05) is 26.0 Å². The van der Waals surface area contributed by atoms with Crippen LogP contribution in [0.2, 0.25) is 0 Å². The summed E-state index contributed by atoms with van der Waals surface area (Å²) >= 11 is 0. The Labute approximate surface area is 159 Å². The van der Waals surface area contributed by atoms with Gasteiger partial charge in [0.2, 0.25) is 5.91 Å². The minimum Gasteiger partial charge on any atom is -0.480 e. The number of benzene rings is 1. The van der Waals surface area contributed by atoms with Gasteiger partial charge in [-0.15, -0.1) is 0 Å². The van der Waals surface area contributed by atoms with Crippen LogP contribution in [0, 0.1) is 5.92 Å². The highest BCUT2D eigenvalue weighted by Crippen LogP contribution is 2.39. The summed E-state index contributed by atoms with van der Waals surface area (Å²) in [6.07, 6.45) is 4.88. The second-order valence-corrected chi connectivity index (χ2v) is 7.70. The van der Waals surface area contributed by atoms with Crippen molar-refractivity contribution in [1.29, 1.82) is 0 Å². The number of fused-ring (bicyclic) bond motifs is 1. The fourth-order valence-corrected chi connectivity index (χ4v) is 4.34. The number of hydrogen-bond acceptors (Lipinski definition) is 4. The van der Waals surface area contributed by atoms with Crippen molar-refractivity contribution in [2.45, 2.75) is 44.2 Å². The Hall–Kier alpha value is -2.41. The molecular formula is C20H27N3O4. The van der Waals surface area contributed by atoms with Gasteiger partial charge < -0.3 is 15.3 Å². The summed E-state index contributed by atoms with van der Waals surface area (Å²) in [7, 11) is 3.37. The van der Waals surface area contributed by atoms with E-state index in [-0.39, 0.29) is 24.4 Å². The molecule has 3 rings (SSSR count). The molecule has 3 unspecified atom stereocenters. The van der Waals surface area contributed by atoms with Gasteiger partial charge in [-0.3, -0.25) is 19.3 Å². The zero-order valence-corrected chi connectivity index (χ0v) is 15.9. The smallest absolute Gasteiger partial charge is 0.320 e. The lowest BCUT2D eigenvalue weighted by Gasteiger charge is -2.32. The van der Waals surface area contributed by atoms with Gasteiger partial charge in [-0.1, -0.05) is 12.8 Å². The summed E-state index contributed by atoms with van der Waals surface area (Å²) in [5.41, 5.74) is 1.15. The van der Waals surface area contributed by atoms with Gasteiger partial charge >= 0.3 is 5.97 Å². The molecule has 2 N–H and O–H groups in total. The third-order valence-corrected chi connectivity index (χ3v) is 5.65. The lowest BCUT2D eigenvalue weighted by Crippen LogP contribution is -2.46. The highest BCUT2D eigenvalue weighted by Gasteiger charge is 2.45. The van der Waals surface area contributed by atoms with Crippen LogP contribution in [0.5, 0.6) is 0 Å². The third-order valence-electron chi connectivity index (χ3n) is 5.65. The van der Waals surface area contributed by atoms with E-state index in [1.54, 1.807) is 38.4 Å². The maximum atomic E-state index is 12.5. The molecule has 7 nitrogen and oxygen atoms in total. The van der Waals surface area contributed by atoms with Crippen LogP contribution in [-0.2, 0) is 9.59 Å². The van der Waals surface area contributed by atoms with E-state index in [9.17, 15) is 19.5 Å². The first-order valence-electron chi connectivity index (χ1n) is 9.47. The average Bonchev–Trinajstić information content (AvgIpc) is 3.00. The second kappa shape index (κ2) is 8.08. The molecule has 1 aliphatic carbocycles. The quantitative estimate of drug-likeness (QED) is 0.824. The number of carbonyl (C=O) groups excluding carboxylic acids is 2. The molecule has 0 radical (unpaired) electrons. The fourth-order valence-electron chi connectivity index (χ4n) is 4.34. The van der Waals surface area contributed by atoms with Crippen LogP contribution in [0.15, 0.2) is 24.3 Å². The monoisotopic (exact) mass is 373 g/mol. The molecule has 2 fully saturated rings. The maximum absolute atomic E-state index is 12.5. The van der Waals surface area contributed by atoms with Gasteiger partial charge in [0.1, 0.15) is 6.04 Å². The molecule has 1 saturated heterocycles. The molecular weight excluding hydrogens is 346 g/mol. The van der Waals surface area contributed by atoms with Crippen LogP contribution >= 0.6 is 0 Å². The summed E-state index contributed by atoms with van der Waals surface area (Å²) in [6, 6.07) is 6.33. The number of rotatable bonds is 5. The molecule has 2 aliphatic rings. The average molecular weight is 373 g/mol. The molecule has 0 spiro atoms. The standard InChI is InChI=1S/C20H27N3O4/c1-22(2)19(25)13-7-9-15(10-8-13)21-18(24)12-23-16-6-4-3-5-14(16)11-17(23)20(26)27/h7-10,14,16-17H,3-6,11-12H2,1-2H3,(H,21,24)(H,26,27). The highest BCUT2D eigenvalue weighted by atomic mass is 16.4. The third kappa shape index (κ3) is 4.30. The van der Waals surface area contributed by atoms with E-state index < -0.39 is 12.0 Å². The van der Waals surface area contributed by atoms with E-state index in [1.165, 1.54) is 4.90 Å². The molecule has 3 atom stereocenters. The van der Waals surface area contributed by atoms with Crippen LogP contribution in [0.4, 0.5) is 5.69 Å². The van der Waals surface area contributed by atoms with Gasteiger partial charge in [0.25, 0.3) is 5.91 Å². The molecule has 0 bridgehead atoms. The second-order valence-electron chi connectivity index (χ2n) is 7.70. The van der Waals surface area contributed by atoms with Gasteiger partial charge in [-0.05, 0) is 49.4 Å². The van der Waals surface area contributed by atoms with E-state index in [0.29, 0.717) is 23.6 Å². The molecule has 1 aliphatic heterocycles. The van der Waals surface area contributed by atoms with Crippen molar-refractivity contribution in [3.05, 3.63) is 29.8 Å². The van der Waals surface area contributed by atoms with Crippen LogP contribution in [0.25, 0.3) is 0 Å². The number of aliphatic carboxylic acids is 1. The van der Waals surface area contributed by atoms with E-state index in [4.69, 9.17) is 0 Å². The zero-order valence-electron chi connectivity index (χ0n) is 15.9. The van der Waals surface area contributed by atoms with Gasteiger partial charge in [0.15, 0.2) is 0 Å². The first-order chi connectivity index (χ1) is 12.9. The van der Waals surface area contributed by atoms with Gasteiger partial charge in [-0.2, -0.15) is 0 Å². The molecule has 1 aromatic carbocycles. The molecule has 1 heterocycles. The van der Waals surface area contributed by atoms with Gasteiger partial charge in [0.05, 0.1) is 6.54 Å². The largest absolute Gasteiger partial charge is 0.480 e. The van der Waals surface area contributed by atoms with Crippen molar-refractivity contribution in [3.63, 3.8) is 0 Å². The Morgan fingerprint density at radius 1 is 1.15 bits per heavy atom. The fraction of sp³-hybridized carbons (Fsp3) is 0.550. The number of amides is 2. The lowest BCUT2D eigenvalue weighted by molar-refractivity contribution is -0.143. The minimum absolute atomic E-state index is 0.0799. The van der Waals surface area contributed by atoms with Crippen molar-refractivity contribution >= 4 is 23.5 Å². The Bertz CT molecular complexity index is 716. The summed E-state index contributed by atoms with van der Waals surface area (Å²) in [5, 5.41) is 12.4. The minimum atomic E-state index is -0.844. The van der Waals surface area contributed by atoms with E-state index >= 15 is 0 Å². The van der Waals surface area contributed by atoms with E-state index in [2.05, 4.69) is 5.32 Å². The number of nitrogens with zero attached hydrogens (tertiary/aromatic N) is 2. The normalized spacial score (nSPS) is 24.9. The van der Waals surface area contributed by atoms with Crippen LogP contribution < -0.4 is 5.32 Å². The topological polar surface area (TPSA) is 90.0 Å². The SMILES string of the molecule is CN(C)C(=O)c1ccc(NC(=O)CN2C(C(=O)O)CC3CCCCC32)cc1. The van der Waals surface area contributed by atoms with Gasteiger partial charge in [0, 0.05) is 31.4 Å². The molecule has 146 valence electrons. The highest BCUT2D eigenvalue weighted by molar-refractivity contribution is 5.96. The Morgan fingerprint density at radius 3 is 2.44 bits per heavy atom. The molecule has 0 aromatic heterocycles. The summed E-state index contributed by atoms with van der Waals surface area (Å²) in [6.45, 7) is 0.0799. The first-order valence-corrected chi connectivity index (χ1v) is 9.47. The first kappa shape index (κ1) is 19.4. The number of carbonyl (C=O) groups is 3. The van der Waals surface area contributed by atoms with Gasteiger partial charge in [-0.25, -0.2) is 0 Å². The van der Waals surface area contributed by atoms with E-state index in [0.717, 1.165) is 25.7 Å². The number of hydrogen-bond donors (Lipinski definition) is 2. The maximum Gasteiger partial charge on any atom is 0.320 e.